The van der Waals surface area contributed by atoms with Crippen LogP contribution in [0, 0.1) is 11.8 Å². The summed E-state index contributed by atoms with van der Waals surface area (Å²) in [6.07, 6.45) is 6.66. The van der Waals surface area contributed by atoms with E-state index in [9.17, 15) is 9.90 Å². The van der Waals surface area contributed by atoms with Crippen molar-refractivity contribution >= 4 is 5.97 Å². The zero-order valence-electron chi connectivity index (χ0n) is 13.4. The number of methoxy groups -OCH3 is 2. The van der Waals surface area contributed by atoms with Gasteiger partial charge in [0, 0.05) is 32.7 Å². The highest BCUT2D eigenvalue weighted by Gasteiger charge is 2.26. The normalized spacial score (nSPS) is 23.8. The lowest BCUT2D eigenvalue weighted by Gasteiger charge is -2.30. The Bertz CT molecular complexity index is 274. The number of unbranched alkanes of at least 4 members (excludes halogenated alkanes) is 2. The topological polar surface area (TPSA) is 65.0 Å². The molecule has 0 heterocycles. The Hall–Kier alpha value is -0.650. The lowest BCUT2D eigenvalue weighted by atomic mass is 9.82. The Morgan fingerprint density at radius 2 is 1.86 bits per heavy atom. The molecule has 5 heteroatoms. The van der Waals surface area contributed by atoms with Gasteiger partial charge in [-0.1, -0.05) is 6.42 Å². The smallest absolute Gasteiger partial charge is 0.305 e. The van der Waals surface area contributed by atoms with Crippen LogP contribution in [0.3, 0.4) is 0 Å². The Balaban J connectivity index is 2.01. The molecular weight excluding hydrogens is 272 g/mol. The molecule has 1 unspecified atom stereocenters. The summed E-state index contributed by atoms with van der Waals surface area (Å²) in [6.45, 7) is 1.38. The Morgan fingerprint density at radius 3 is 2.48 bits per heavy atom. The van der Waals surface area contributed by atoms with Crippen LogP contribution in [0.15, 0.2) is 0 Å². The number of hydrogen-bond acceptors (Lipinski definition) is 5. The van der Waals surface area contributed by atoms with Gasteiger partial charge in [-0.2, -0.15) is 0 Å². The zero-order valence-corrected chi connectivity index (χ0v) is 13.4. The van der Waals surface area contributed by atoms with E-state index in [0.29, 0.717) is 18.9 Å². The predicted octanol–water partition coefficient (Wildman–Crippen LogP) is 2.51. The van der Waals surface area contributed by atoms with Crippen molar-refractivity contribution in [2.75, 3.05) is 27.4 Å². The van der Waals surface area contributed by atoms with Crippen LogP contribution in [0.5, 0.6) is 0 Å². The van der Waals surface area contributed by atoms with E-state index in [-0.39, 0.29) is 11.9 Å². The largest absolute Gasteiger partial charge is 0.469 e. The molecule has 124 valence electrons. The average molecular weight is 302 g/mol. The molecular formula is C16H30O5. The fraction of sp³-hybridized carbons (Fsp3) is 0.938. The van der Waals surface area contributed by atoms with E-state index in [0.717, 1.165) is 51.6 Å². The van der Waals surface area contributed by atoms with Crippen LogP contribution in [-0.2, 0) is 19.0 Å². The van der Waals surface area contributed by atoms with E-state index in [1.807, 2.05) is 0 Å². The van der Waals surface area contributed by atoms with E-state index in [1.54, 1.807) is 7.11 Å². The summed E-state index contributed by atoms with van der Waals surface area (Å²) in [5.74, 6) is 0.730. The minimum absolute atomic E-state index is 0.163. The second-order valence-corrected chi connectivity index (χ2v) is 5.88. The molecule has 1 aliphatic carbocycles. The fourth-order valence-corrected chi connectivity index (χ4v) is 2.87. The highest BCUT2D eigenvalue weighted by atomic mass is 16.6. The van der Waals surface area contributed by atoms with Gasteiger partial charge >= 0.3 is 5.97 Å². The molecule has 1 aliphatic rings. The van der Waals surface area contributed by atoms with Gasteiger partial charge in [-0.05, 0) is 44.4 Å². The molecule has 0 aromatic heterocycles. The van der Waals surface area contributed by atoms with Gasteiger partial charge in [0.25, 0.3) is 0 Å². The number of carbonyl (C=O) groups is 1. The van der Waals surface area contributed by atoms with Gasteiger partial charge in [-0.3, -0.25) is 4.79 Å². The SMILES string of the molecule is COCC1CCC(C(O)OCCCCCC(=O)OC)CC1. The number of aliphatic hydroxyl groups excluding tert-OH is 1. The minimum atomic E-state index is -0.644. The molecule has 0 spiro atoms. The highest BCUT2D eigenvalue weighted by molar-refractivity contribution is 5.68. The summed E-state index contributed by atoms with van der Waals surface area (Å²) in [4.78, 5) is 10.9. The third kappa shape index (κ3) is 7.79. The number of ether oxygens (including phenoxy) is 3. The van der Waals surface area contributed by atoms with Crippen LogP contribution in [0.25, 0.3) is 0 Å². The van der Waals surface area contributed by atoms with Crippen molar-refractivity contribution in [2.24, 2.45) is 11.8 Å². The lowest BCUT2D eigenvalue weighted by Crippen LogP contribution is -2.29. The summed E-state index contributed by atoms with van der Waals surface area (Å²) in [5, 5.41) is 10.0. The predicted molar refractivity (Wildman–Crippen MR) is 79.8 cm³/mol. The maximum Gasteiger partial charge on any atom is 0.305 e. The van der Waals surface area contributed by atoms with Gasteiger partial charge in [-0.25, -0.2) is 0 Å². The van der Waals surface area contributed by atoms with Crippen molar-refractivity contribution in [3.8, 4) is 0 Å². The highest BCUT2D eigenvalue weighted by Crippen LogP contribution is 2.31. The number of aliphatic hydroxyl groups is 1. The standard InChI is InChI=1S/C16H30O5/c1-19-12-13-7-9-14(10-8-13)16(18)21-11-5-3-4-6-15(17)20-2/h13-14,16,18H,3-12H2,1-2H3. The molecule has 0 aliphatic heterocycles. The molecule has 21 heavy (non-hydrogen) atoms. The van der Waals surface area contributed by atoms with Crippen LogP contribution in [0.1, 0.15) is 51.4 Å². The first-order valence-electron chi connectivity index (χ1n) is 8.02. The molecule has 1 N–H and O–H groups in total. The van der Waals surface area contributed by atoms with Crippen molar-refractivity contribution in [3.05, 3.63) is 0 Å². The number of rotatable bonds is 10. The number of esters is 1. The second kappa shape index (κ2) is 11.0. The van der Waals surface area contributed by atoms with Crippen LogP contribution in [-0.4, -0.2) is 44.8 Å². The van der Waals surface area contributed by atoms with E-state index in [4.69, 9.17) is 9.47 Å². The van der Waals surface area contributed by atoms with Crippen LogP contribution < -0.4 is 0 Å². The molecule has 0 aromatic carbocycles. The Labute approximate surface area is 128 Å². The first kappa shape index (κ1) is 18.4. The summed E-state index contributed by atoms with van der Waals surface area (Å²) in [5.41, 5.74) is 0. The monoisotopic (exact) mass is 302 g/mol. The van der Waals surface area contributed by atoms with Crippen molar-refractivity contribution in [3.63, 3.8) is 0 Å². The summed E-state index contributed by atoms with van der Waals surface area (Å²) in [6, 6.07) is 0. The van der Waals surface area contributed by atoms with Crippen molar-refractivity contribution in [2.45, 2.75) is 57.7 Å². The van der Waals surface area contributed by atoms with Gasteiger partial charge < -0.3 is 19.3 Å². The van der Waals surface area contributed by atoms with Gasteiger partial charge in [0.05, 0.1) is 7.11 Å². The Morgan fingerprint density at radius 1 is 1.14 bits per heavy atom. The van der Waals surface area contributed by atoms with Gasteiger partial charge in [0.15, 0.2) is 6.29 Å². The molecule has 1 fully saturated rings. The van der Waals surface area contributed by atoms with Gasteiger partial charge in [0.2, 0.25) is 0 Å². The van der Waals surface area contributed by atoms with E-state index >= 15 is 0 Å². The summed E-state index contributed by atoms with van der Waals surface area (Å²) < 4.78 is 15.3. The second-order valence-electron chi connectivity index (χ2n) is 5.88. The van der Waals surface area contributed by atoms with Crippen molar-refractivity contribution in [1.82, 2.24) is 0 Å². The van der Waals surface area contributed by atoms with E-state index in [2.05, 4.69) is 4.74 Å². The molecule has 0 aromatic rings. The van der Waals surface area contributed by atoms with Gasteiger partial charge in [-0.15, -0.1) is 0 Å². The number of carbonyl (C=O) groups excluding carboxylic acids is 1. The molecule has 1 rings (SSSR count). The van der Waals surface area contributed by atoms with Crippen LogP contribution in [0.4, 0.5) is 0 Å². The van der Waals surface area contributed by atoms with Gasteiger partial charge in [0.1, 0.15) is 0 Å². The molecule has 0 amide bonds. The van der Waals surface area contributed by atoms with E-state index < -0.39 is 6.29 Å². The molecule has 1 saturated carbocycles. The molecule has 0 saturated heterocycles. The lowest BCUT2D eigenvalue weighted by molar-refractivity contribution is -0.145. The van der Waals surface area contributed by atoms with Crippen molar-refractivity contribution < 1.29 is 24.1 Å². The first-order valence-corrected chi connectivity index (χ1v) is 8.02. The molecule has 0 bridgehead atoms. The molecule has 0 radical (unpaired) electrons. The Kier molecular flexibility index (Phi) is 9.63. The summed E-state index contributed by atoms with van der Waals surface area (Å²) >= 11 is 0. The molecule has 1 atom stereocenters. The average Bonchev–Trinajstić information content (AvgIpc) is 2.51. The number of hydrogen-bond donors (Lipinski definition) is 1. The molecule has 5 nitrogen and oxygen atoms in total. The third-order valence-electron chi connectivity index (χ3n) is 4.24. The minimum Gasteiger partial charge on any atom is -0.469 e. The quantitative estimate of drug-likeness (QED) is 0.381. The van der Waals surface area contributed by atoms with E-state index in [1.165, 1.54) is 7.11 Å². The maximum absolute atomic E-state index is 10.9. The third-order valence-corrected chi connectivity index (χ3v) is 4.24. The zero-order chi connectivity index (χ0) is 15.5. The summed E-state index contributed by atoms with van der Waals surface area (Å²) in [7, 11) is 3.15. The first-order chi connectivity index (χ1) is 10.2. The fourth-order valence-electron chi connectivity index (χ4n) is 2.87. The van der Waals surface area contributed by atoms with Crippen LogP contribution in [0.2, 0.25) is 0 Å². The maximum atomic E-state index is 10.9. The van der Waals surface area contributed by atoms with Crippen molar-refractivity contribution in [1.29, 1.82) is 0 Å². The van der Waals surface area contributed by atoms with Crippen LogP contribution >= 0.6 is 0 Å².